The van der Waals surface area contributed by atoms with Crippen LogP contribution in [0.3, 0.4) is 0 Å². The van der Waals surface area contributed by atoms with Crippen molar-refractivity contribution in [1.82, 2.24) is 0 Å². The first-order valence-electron chi connectivity index (χ1n) is 5.77. The molecule has 1 heterocycles. The van der Waals surface area contributed by atoms with E-state index in [0.717, 1.165) is 13.0 Å². The van der Waals surface area contributed by atoms with Gasteiger partial charge in [0.25, 0.3) is 0 Å². The summed E-state index contributed by atoms with van der Waals surface area (Å²) in [5.41, 5.74) is 0.440. The third-order valence-corrected chi connectivity index (χ3v) is 3.71. The molecule has 1 aliphatic heterocycles. The Hall–Kier alpha value is -1.61. The molecule has 2 unspecified atom stereocenters. The summed E-state index contributed by atoms with van der Waals surface area (Å²) in [6.45, 7) is 5.25. The van der Waals surface area contributed by atoms with Gasteiger partial charge in [0.05, 0.1) is 13.2 Å². The number of carbonyl (C=O) groups is 1. The van der Waals surface area contributed by atoms with Crippen LogP contribution in [0.5, 0.6) is 5.75 Å². The molecular weight excluding hydrogens is 216 g/mol. The van der Waals surface area contributed by atoms with Crippen LogP contribution in [0.2, 0.25) is 0 Å². The second-order valence-electron chi connectivity index (χ2n) is 4.75. The Kier molecular flexibility index (Phi) is 2.30. The molecule has 1 aromatic carbocycles. The van der Waals surface area contributed by atoms with Crippen molar-refractivity contribution in [2.45, 2.75) is 6.42 Å². The van der Waals surface area contributed by atoms with E-state index in [2.05, 4.69) is 6.58 Å². The van der Waals surface area contributed by atoms with Crippen molar-refractivity contribution in [3.63, 3.8) is 0 Å². The second-order valence-corrected chi connectivity index (χ2v) is 4.75. The van der Waals surface area contributed by atoms with Crippen LogP contribution in [0.25, 0.3) is 0 Å². The fourth-order valence-corrected chi connectivity index (χ4v) is 2.48. The van der Waals surface area contributed by atoms with Gasteiger partial charge in [-0.25, -0.2) is 4.79 Å². The topological polar surface area (TPSA) is 35.5 Å². The summed E-state index contributed by atoms with van der Waals surface area (Å²) in [7, 11) is 0. The Bertz CT molecular complexity index is 466. The number of rotatable bonds is 3. The predicted octanol–water partition coefficient (Wildman–Crippen LogP) is 2.18. The molecule has 1 saturated heterocycles. The molecule has 0 bridgehead atoms. The van der Waals surface area contributed by atoms with Crippen molar-refractivity contribution in [2.24, 2.45) is 11.3 Å². The Morgan fingerprint density at radius 3 is 2.76 bits per heavy atom. The van der Waals surface area contributed by atoms with Crippen molar-refractivity contribution >= 4 is 5.97 Å². The molecule has 0 spiro atoms. The molecule has 2 atom stereocenters. The van der Waals surface area contributed by atoms with Gasteiger partial charge < -0.3 is 9.47 Å². The Labute approximate surface area is 100 Å². The van der Waals surface area contributed by atoms with Crippen LogP contribution in [-0.2, 0) is 9.53 Å². The van der Waals surface area contributed by atoms with E-state index in [1.165, 1.54) is 0 Å². The average molecular weight is 230 g/mol. The van der Waals surface area contributed by atoms with E-state index < -0.39 is 0 Å². The lowest BCUT2D eigenvalue weighted by Gasteiger charge is -2.13. The van der Waals surface area contributed by atoms with Gasteiger partial charge in [0.2, 0.25) is 0 Å². The van der Waals surface area contributed by atoms with Gasteiger partial charge in [-0.1, -0.05) is 24.8 Å². The van der Waals surface area contributed by atoms with Crippen LogP contribution >= 0.6 is 0 Å². The van der Waals surface area contributed by atoms with E-state index in [4.69, 9.17) is 9.47 Å². The zero-order valence-electron chi connectivity index (χ0n) is 9.52. The molecule has 2 fully saturated rings. The molecule has 88 valence electrons. The fraction of sp³-hybridized carbons (Fsp3) is 0.357. The molecule has 1 saturated carbocycles. The molecule has 0 radical (unpaired) electrons. The lowest BCUT2D eigenvalue weighted by atomic mass is 9.97. The second kappa shape index (κ2) is 3.70. The average Bonchev–Trinajstić information content (AvgIpc) is 2.92. The standard InChI is InChI=1S/C14H14O3/c1-10(14-7-11(14)8-16-9-14)13(15)17-12-5-3-2-4-6-12/h2-6,11H,1,7-9H2. The van der Waals surface area contributed by atoms with Gasteiger partial charge in [0.15, 0.2) is 0 Å². The molecule has 2 aliphatic rings. The maximum Gasteiger partial charge on any atom is 0.339 e. The van der Waals surface area contributed by atoms with Crippen molar-refractivity contribution in [3.8, 4) is 5.75 Å². The molecule has 0 aromatic heterocycles. The van der Waals surface area contributed by atoms with Gasteiger partial charge in [0.1, 0.15) is 5.75 Å². The highest BCUT2D eigenvalue weighted by Crippen LogP contribution is 2.61. The van der Waals surface area contributed by atoms with Gasteiger partial charge >= 0.3 is 5.97 Å². The maximum absolute atomic E-state index is 12.0. The van der Waals surface area contributed by atoms with E-state index in [-0.39, 0.29) is 11.4 Å². The van der Waals surface area contributed by atoms with Crippen molar-refractivity contribution in [2.75, 3.05) is 13.2 Å². The van der Waals surface area contributed by atoms with Crippen molar-refractivity contribution in [1.29, 1.82) is 0 Å². The summed E-state index contributed by atoms with van der Waals surface area (Å²) < 4.78 is 10.6. The largest absolute Gasteiger partial charge is 0.423 e. The number of ether oxygens (including phenoxy) is 2. The predicted molar refractivity (Wildman–Crippen MR) is 62.6 cm³/mol. The third kappa shape index (κ3) is 1.67. The highest BCUT2D eigenvalue weighted by atomic mass is 16.5. The van der Waals surface area contributed by atoms with Crippen LogP contribution in [0.15, 0.2) is 42.5 Å². The Morgan fingerprint density at radius 1 is 1.41 bits per heavy atom. The van der Waals surface area contributed by atoms with Crippen molar-refractivity contribution < 1.29 is 14.3 Å². The molecule has 17 heavy (non-hydrogen) atoms. The van der Waals surface area contributed by atoms with Crippen LogP contribution < -0.4 is 4.74 Å². The van der Waals surface area contributed by atoms with Gasteiger partial charge in [0, 0.05) is 11.0 Å². The molecule has 0 amide bonds. The summed E-state index contributed by atoms with van der Waals surface area (Å²) in [5.74, 6) is 0.702. The highest BCUT2D eigenvalue weighted by molar-refractivity contribution is 5.92. The maximum atomic E-state index is 12.0. The summed E-state index contributed by atoms with van der Waals surface area (Å²) in [4.78, 5) is 12.0. The summed E-state index contributed by atoms with van der Waals surface area (Å²) in [5, 5.41) is 0. The number of fused-ring (bicyclic) bond motifs is 1. The van der Waals surface area contributed by atoms with Gasteiger partial charge in [-0.3, -0.25) is 0 Å². The molecule has 3 rings (SSSR count). The van der Waals surface area contributed by atoms with Gasteiger partial charge in [-0.2, -0.15) is 0 Å². The first-order valence-corrected chi connectivity index (χ1v) is 5.77. The number of esters is 1. The smallest absolute Gasteiger partial charge is 0.339 e. The summed E-state index contributed by atoms with van der Waals surface area (Å²) in [6, 6.07) is 9.08. The van der Waals surface area contributed by atoms with Crippen LogP contribution in [0.4, 0.5) is 0 Å². The molecular formula is C14H14O3. The number of hydrogen-bond acceptors (Lipinski definition) is 3. The number of carbonyl (C=O) groups excluding carboxylic acids is 1. The highest BCUT2D eigenvalue weighted by Gasteiger charge is 2.61. The molecule has 0 N–H and O–H groups in total. The first kappa shape index (κ1) is 10.5. The lowest BCUT2D eigenvalue weighted by Crippen LogP contribution is -2.20. The zero-order valence-corrected chi connectivity index (χ0v) is 9.52. The minimum Gasteiger partial charge on any atom is -0.423 e. The molecule has 1 aromatic rings. The van der Waals surface area contributed by atoms with Crippen LogP contribution in [0, 0.1) is 11.3 Å². The van der Waals surface area contributed by atoms with Crippen LogP contribution in [0.1, 0.15) is 6.42 Å². The Balaban J connectivity index is 1.69. The molecule has 3 nitrogen and oxygen atoms in total. The van der Waals surface area contributed by atoms with Gasteiger partial charge in [-0.15, -0.1) is 0 Å². The fourth-order valence-electron chi connectivity index (χ4n) is 2.48. The zero-order chi connectivity index (χ0) is 11.9. The van der Waals surface area contributed by atoms with E-state index in [9.17, 15) is 4.79 Å². The minimum atomic E-state index is -0.329. The van der Waals surface area contributed by atoms with E-state index >= 15 is 0 Å². The lowest BCUT2D eigenvalue weighted by molar-refractivity contribution is -0.131. The van der Waals surface area contributed by atoms with Crippen molar-refractivity contribution in [3.05, 3.63) is 42.5 Å². The normalized spacial score (nSPS) is 29.5. The number of para-hydroxylation sites is 1. The number of hydrogen-bond donors (Lipinski definition) is 0. The quantitative estimate of drug-likeness (QED) is 0.453. The monoisotopic (exact) mass is 230 g/mol. The van der Waals surface area contributed by atoms with Gasteiger partial charge in [-0.05, 0) is 24.5 Å². The Morgan fingerprint density at radius 2 is 2.18 bits per heavy atom. The van der Waals surface area contributed by atoms with Crippen LogP contribution in [-0.4, -0.2) is 19.2 Å². The summed E-state index contributed by atoms with van der Waals surface area (Å²) >= 11 is 0. The van der Waals surface area contributed by atoms with E-state index in [1.54, 1.807) is 12.1 Å². The third-order valence-electron chi connectivity index (χ3n) is 3.71. The number of benzene rings is 1. The SMILES string of the molecule is C=C(C(=O)Oc1ccccc1)C12COCC1C2. The molecule has 1 aliphatic carbocycles. The first-order chi connectivity index (χ1) is 8.22. The van der Waals surface area contributed by atoms with E-state index in [0.29, 0.717) is 23.8 Å². The molecule has 3 heteroatoms. The van der Waals surface area contributed by atoms with E-state index in [1.807, 2.05) is 18.2 Å². The summed E-state index contributed by atoms with van der Waals surface area (Å²) in [6.07, 6.45) is 1.01. The minimum absolute atomic E-state index is 0.119.